The van der Waals surface area contributed by atoms with Gasteiger partial charge in [0.05, 0.1) is 11.9 Å². The van der Waals surface area contributed by atoms with Gasteiger partial charge in [0.2, 0.25) is 0 Å². The Morgan fingerprint density at radius 2 is 2.00 bits per heavy atom. The third kappa shape index (κ3) is 2.93. The molecule has 102 valence electrons. The van der Waals surface area contributed by atoms with Crippen molar-refractivity contribution >= 4 is 0 Å². The molecule has 0 spiro atoms. The Hall–Kier alpha value is -1.88. The van der Waals surface area contributed by atoms with Crippen LogP contribution in [0.5, 0.6) is 11.8 Å². The van der Waals surface area contributed by atoms with E-state index in [1.165, 1.54) is 12.1 Å². The predicted octanol–water partition coefficient (Wildman–Crippen LogP) is 3.24. The number of nitrogens with zero attached hydrogens (tertiary/aromatic N) is 2. The number of hydrogen-bond donors (Lipinski definition) is 1. The fourth-order valence-electron chi connectivity index (χ4n) is 1.88. The maximum absolute atomic E-state index is 12.8. The van der Waals surface area contributed by atoms with Gasteiger partial charge < -0.3 is 10.5 Å². The van der Waals surface area contributed by atoms with E-state index in [2.05, 4.69) is 4.98 Å². The lowest BCUT2D eigenvalue weighted by Gasteiger charge is -2.13. The van der Waals surface area contributed by atoms with Crippen molar-refractivity contribution in [1.82, 2.24) is 9.55 Å². The number of benzene rings is 1. The average Bonchev–Trinajstić information content (AvgIpc) is 2.83. The maximum Gasteiger partial charge on any atom is 0.302 e. The summed E-state index contributed by atoms with van der Waals surface area (Å²) < 4.78 is 20.4. The van der Waals surface area contributed by atoms with E-state index >= 15 is 0 Å². The summed E-state index contributed by atoms with van der Waals surface area (Å²) in [5.41, 5.74) is 6.98. The molecule has 19 heavy (non-hydrogen) atoms. The van der Waals surface area contributed by atoms with Crippen molar-refractivity contribution in [2.75, 3.05) is 0 Å². The predicted molar refractivity (Wildman–Crippen MR) is 71.6 cm³/mol. The molecule has 1 atom stereocenters. The highest BCUT2D eigenvalue weighted by atomic mass is 19.1. The Kier molecular flexibility index (Phi) is 4.16. The zero-order valence-corrected chi connectivity index (χ0v) is 11.1. The minimum Gasteiger partial charge on any atom is -0.426 e. The second-order valence-corrected chi connectivity index (χ2v) is 4.28. The van der Waals surface area contributed by atoms with Crippen LogP contribution >= 0.6 is 0 Å². The first-order valence-corrected chi connectivity index (χ1v) is 6.40. The number of nitrogens with two attached hydrogens (primary N) is 1. The van der Waals surface area contributed by atoms with Gasteiger partial charge in [-0.1, -0.05) is 6.92 Å². The largest absolute Gasteiger partial charge is 0.426 e. The van der Waals surface area contributed by atoms with Gasteiger partial charge in [-0.25, -0.2) is 9.37 Å². The van der Waals surface area contributed by atoms with Crippen molar-refractivity contribution in [3.05, 3.63) is 42.0 Å². The zero-order chi connectivity index (χ0) is 13.8. The van der Waals surface area contributed by atoms with E-state index in [0.29, 0.717) is 11.8 Å². The van der Waals surface area contributed by atoms with Gasteiger partial charge in [0.25, 0.3) is 0 Å². The molecule has 0 radical (unpaired) electrons. The summed E-state index contributed by atoms with van der Waals surface area (Å²) in [6.07, 6.45) is 2.57. The van der Waals surface area contributed by atoms with Gasteiger partial charge in [-0.15, -0.1) is 0 Å². The molecule has 0 fully saturated rings. The Labute approximate surface area is 112 Å². The Morgan fingerprint density at radius 1 is 1.32 bits per heavy atom. The third-order valence-corrected chi connectivity index (χ3v) is 3.01. The zero-order valence-electron chi connectivity index (χ0n) is 11.1. The Balaban J connectivity index is 2.25. The van der Waals surface area contributed by atoms with Gasteiger partial charge in [-0.05, 0) is 37.6 Å². The summed E-state index contributed by atoms with van der Waals surface area (Å²) in [5, 5.41) is 0. The van der Waals surface area contributed by atoms with E-state index < -0.39 is 0 Å². The summed E-state index contributed by atoms with van der Waals surface area (Å²) in [4.78, 5) is 4.24. The summed E-state index contributed by atoms with van der Waals surface area (Å²) >= 11 is 0. The fourth-order valence-corrected chi connectivity index (χ4v) is 1.88. The second-order valence-electron chi connectivity index (χ2n) is 4.28. The molecule has 5 heteroatoms. The molecule has 2 aromatic rings. The summed E-state index contributed by atoms with van der Waals surface area (Å²) in [7, 11) is 0. The smallest absolute Gasteiger partial charge is 0.302 e. The van der Waals surface area contributed by atoms with Crippen LogP contribution in [0.2, 0.25) is 0 Å². The topological polar surface area (TPSA) is 53.1 Å². The normalized spacial score (nSPS) is 12.4. The van der Waals surface area contributed by atoms with Crippen LogP contribution in [-0.2, 0) is 6.54 Å². The molecule has 0 saturated heterocycles. The second kappa shape index (κ2) is 5.84. The lowest BCUT2D eigenvalue weighted by molar-refractivity contribution is 0.407. The van der Waals surface area contributed by atoms with Gasteiger partial charge in [0.15, 0.2) is 0 Å². The van der Waals surface area contributed by atoms with Crippen LogP contribution in [-0.4, -0.2) is 9.55 Å². The molecule has 1 aromatic carbocycles. The van der Waals surface area contributed by atoms with Crippen LogP contribution < -0.4 is 10.5 Å². The van der Waals surface area contributed by atoms with Crippen molar-refractivity contribution in [3.8, 4) is 11.8 Å². The number of hydrogen-bond acceptors (Lipinski definition) is 3. The first-order chi connectivity index (χ1) is 9.15. The van der Waals surface area contributed by atoms with E-state index in [9.17, 15) is 4.39 Å². The summed E-state index contributed by atoms with van der Waals surface area (Å²) in [6.45, 7) is 4.75. The van der Waals surface area contributed by atoms with Crippen molar-refractivity contribution in [1.29, 1.82) is 0 Å². The van der Waals surface area contributed by atoms with Crippen LogP contribution in [0.1, 0.15) is 32.0 Å². The number of rotatable bonds is 5. The summed E-state index contributed by atoms with van der Waals surface area (Å²) in [5.74, 6) is 0.262. The molecule has 0 aliphatic carbocycles. The standard InChI is InChI=1S/C14H18FN3O/c1-3-12(16)13-9-17-14(18(13)4-2)19-11-7-5-10(15)6-8-11/h5-9,12H,3-4,16H2,1-2H3. The number of imidazole rings is 1. The summed E-state index contributed by atoms with van der Waals surface area (Å²) in [6, 6.07) is 6.28. The van der Waals surface area contributed by atoms with Gasteiger partial charge in [0, 0.05) is 12.6 Å². The third-order valence-electron chi connectivity index (χ3n) is 3.01. The van der Waals surface area contributed by atoms with Gasteiger partial charge >= 0.3 is 6.01 Å². The van der Waals surface area contributed by atoms with E-state index in [1.807, 2.05) is 18.4 Å². The lowest BCUT2D eigenvalue weighted by Crippen LogP contribution is -2.14. The number of ether oxygens (including phenoxy) is 1. The van der Waals surface area contributed by atoms with Gasteiger partial charge in [-0.2, -0.15) is 0 Å². The molecule has 1 heterocycles. The minimum absolute atomic E-state index is 0.0574. The molecule has 0 bridgehead atoms. The van der Waals surface area contributed by atoms with E-state index in [0.717, 1.165) is 18.7 Å². The van der Waals surface area contributed by atoms with Crippen LogP contribution in [0.4, 0.5) is 4.39 Å². The Morgan fingerprint density at radius 3 is 2.58 bits per heavy atom. The molecule has 0 amide bonds. The fraction of sp³-hybridized carbons (Fsp3) is 0.357. The SMILES string of the molecule is CCC(N)c1cnc(Oc2ccc(F)cc2)n1CC. The van der Waals surface area contributed by atoms with E-state index in [1.54, 1.807) is 18.3 Å². The van der Waals surface area contributed by atoms with E-state index in [4.69, 9.17) is 10.5 Å². The van der Waals surface area contributed by atoms with Crippen molar-refractivity contribution in [3.63, 3.8) is 0 Å². The van der Waals surface area contributed by atoms with Crippen LogP contribution in [0.25, 0.3) is 0 Å². The van der Waals surface area contributed by atoms with Crippen molar-refractivity contribution in [2.45, 2.75) is 32.9 Å². The molecule has 2 N–H and O–H groups in total. The molecule has 1 unspecified atom stereocenters. The number of halogens is 1. The van der Waals surface area contributed by atoms with Gasteiger partial charge in [0.1, 0.15) is 11.6 Å². The molecule has 0 aliphatic heterocycles. The van der Waals surface area contributed by atoms with Crippen molar-refractivity contribution in [2.24, 2.45) is 5.73 Å². The molecular weight excluding hydrogens is 245 g/mol. The Bertz CT molecular complexity index is 536. The highest BCUT2D eigenvalue weighted by Crippen LogP contribution is 2.24. The molecule has 1 aromatic heterocycles. The minimum atomic E-state index is -0.292. The molecule has 0 aliphatic rings. The first kappa shape index (κ1) is 13.5. The molecule has 2 rings (SSSR count). The highest BCUT2D eigenvalue weighted by molar-refractivity contribution is 5.26. The van der Waals surface area contributed by atoms with E-state index in [-0.39, 0.29) is 11.9 Å². The van der Waals surface area contributed by atoms with Crippen LogP contribution in [0.3, 0.4) is 0 Å². The van der Waals surface area contributed by atoms with Crippen LogP contribution in [0.15, 0.2) is 30.5 Å². The highest BCUT2D eigenvalue weighted by Gasteiger charge is 2.15. The molecule has 4 nitrogen and oxygen atoms in total. The number of aromatic nitrogens is 2. The van der Waals surface area contributed by atoms with Crippen LogP contribution in [0, 0.1) is 5.82 Å². The van der Waals surface area contributed by atoms with Gasteiger partial charge in [-0.3, -0.25) is 4.57 Å². The molecular formula is C14H18FN3O. The molecule has 0 saturated carbocycles. The first-order valence-electron chi connectivity index (χ1n) is 6.40. The monoisotopic (exact) mass is 263 g/mol. The quantitative estimate of drug-likeness (QED) is 0.901. The maximum atomic E-state index is 12.8. The van der Waals surface area contributed by atoms with Crippen molar-refractivity contribution < 1.29 is 9.13 Å². The average molecular weight is 263 g/mol. The lowest BCUT2D eigenvalue weighted by atomic mass is 10.2.